The molecule has 0 bridgehead atoms. The van der Waals surface area contributed by atoms with Crippen molar-refractivity contribution in [3.05, 3.63) is 12.2 Å². The van der Waals surface area contributed by atoms with Gasteiger partial charge in [0.1, 0.15) is 6.61 Å². The van der Waals surface area contributed by atoms with Crippen molar-refractivity contribution in [2.24, 2.45) is 0 Å². The molecule has 0 heterocycles. The standard InChI is InChI=1S/C6H9NO/c1-2-3-5-8-6-4-7/h2-3H,5-6H2,1H3. The third kappa shape index (κ3) is 5.19. The number of hydrogen-bond acceptors (Lipinski definition) is 2. The zero-order valence-electron chi connectivity index (χ0n) is 4.92. The molecule has 2 heteroatoms. The van der Waals surface area contributed by atoms with Crippen molar-refractivity contribution in [1.29, 1.82) is 5.26 Å². The molecule has 0 aromatic rings. The van der Waals surface area contributed by atoms with Crippen LogP contribution >= 0.6 is 0 Å². The van der Waals surface area contributed by atoms with Crippen LogP contribution in [0.15, 0.2) is 12.2 Å². The summed E-state index contributed by atoms with van der Waals surface area (Å²) < 4.78 is 4.78. The van der Waals surface area contributed by atoms with E-state index in [-0.39, 0.29) is 6.61 Å². The van der Waals surface area contributed by atoms with Gasteiger partial charge in [0, 0.05) is 0 Å². The Morgan fingerprint density at radius 1 is 1.75 bits per heavy atom. The van der Waals surface area contributed by atoms with Crippen LogP contribution in [0.3, 0.4) is 0 Å². The largest absolute Gasteiger partial charge is 0.362 e. The third-order valence-electron chi connectivity index (χ3n) is 0.616. The summed E-state index contributed by atoms with van der Waals surface area (Å²) in [6.45, 7) is 2.64. The molecule has 0 spiro atoms. The average molecular weight is 111 g/mol. The van der Waals surface area contributed by atoms with Crippen LogP contribution < -0.4 is 0 Å². The van der Waals surface area contributed by atoms with E-state index in [0.717, 1.165) is 0 Å². The van der Waals surface area contributed by atoms with Crippen LogP contribution in [0, 0.1) is 11.3 Å². The van der Waals surface area contributed by atoms with Crippen LogP contribution in [0.1, 0.15) is 6.92 Å². The fraction of sp³-hybridized carbons (Fsp3) is 0.500. The first-order chi connectivity index (χ1) is 3.91. The normalized spacial score (nSPS) is 9.50. The van der Waals surface area contributed by atoms with Crippen LogP contribution in [-0.4, -0.2) is 13.2 Å². The molecule has 0 saturated heterocycles. The van der Waals surface area contributed by atoms with Crippen molar-refractivity contribution in [2.75, 3.05) is 13.2 Å². The molecular weight excluding hydrogens is 102 g/mol. The van der Waals surface area contributed by atoms with Crippen molar-refractivity contribution in [1.82, 2.24) is 0 Å². The first kappa shape index (κ1) is 7.19. The van der Waals surface area contributed by atoms with Crippen molar-refractivity contribution >= 4 is 0 Å². The molecule has 0 aliphatic carbocycles. The van der Waals surface area contributed by atoms with E-state index in [1.807, 2.05) is 25.1 Å². The van der Waals surface area contributed by atoms with Gasteiger partial charge < -0.3 is 4.74 Å². The van der Waals surface area contributed by atoms with E-state index in [4.69, 9.17) is 10.00 Å². The fourth-order valence-corrected chi connectivity index (χ4v) is 0.269. The molecule has 0 unspecified atom stereocenters. The Hall–Kier alpha value is -0.810. The first-order valence-corrected chi connectivity index (χ1v) is 2.47. The Bertz CT molecular complexity index is 102. The van der Waals surface area contributed by atoms with Gasteiger partial charge in [-0.15, -0.1) is 0 Å². The van der Waals surface area contributed by atoms with E-state index >= 15 is 0 Å². The summed E-state index contributed by atoms with van der Waals surface area (Å²) in [7, 11) is 0. The molecule has 0 N–H and O–H groups in total. The summed E-state index contributed by atoms with van der Waals surface area (Å²) in [4.78, 5) is 0. The maximum atomic E-state index is 7.97. The lowest BCUT2D eigenvalue weighted by Gasteiger charge is -1.87. The lowest BCUT2D eigenvalue weighted by Crippen LogP contribution is -1.89. The van der Waals surface area contributed by atoms with Gasteiger partial charge in [0.2, 0.25) is 0 Å². The Morgan fingerprint density at radius 2 is 2.50 bits per heavy atom. The van der Waals surface area contributed by atoms with Crippen molar-refractivity contribution < 1.29 is 4.74 Å². The molecule has 8 heavy (non-hydrogen) atoms. The maximum absolute atomic E-state index is 7.97. The Labute approximate surface area is 49.4 Å². The quantitative estimate of drug-likeness (QED) is 0.403. The van der Waals surface area contributed by atoms with Gasteiger partial charge in [-0.3, -0.25) is 0 Å². The smallest absolute Gasteiger partial charge is 0.134 e. The molecule has 0 saturated carbocycles. The van der Waals surface area contributed by atoms with Crippen molar-refractivity contribution in [3.8, 4) is 6.07 Å². The van der Waals surface area contributed by atoms with Gasteiger partial charge in [0.05, 0.1) is 12.7 Å². The average Bonchev–Trinajstić information content (AvgIpc) is 1.81. The van der Waals surface area contributed by atoms with Crippen molar-refractivity contribution in [2.45, 2.75) is 6.92 Å². The molecule has 44 valence electrons. The summed E-state index contributed by atoms with van der Waals surface area (Å²) in [6.07, 6.45) is 3.74. The van der Waals surface area contributed by atoms with E-state index in [9.17, 15) is 0 Å². The van der Waals surface area contributed by atoms with Gasteiger partial charge in [-0.2, -0.15) is 5.26 Å². The minimum Gasteiger partial charge on any atom is -0.362 e. The van der Waals surface area contributed by atoms with E-state index in [1.165, 1.54) is 0 Å². The molecule has 2 nitrogen and oxygen atoms in total. The van der Waals surface area contributed by atoms with Gasteiger partial charge in [0.25, 0.3) is 0 Å². The second-order valence-corrected chi connectivity index (χ2v) is 1.24. The number of allylic oxidation sites excluding steroid dienone is 1. The minimum atomic E-state index is 0.185. The molecular formula is C6H9NO. The Balaban J connectivity index is 2.85. The van der Waals surface area contributed by atoms with Crippen molar-refractivity contribution in [3.63, 3.8) is 0 Å². The Morgan fingerprint density at radius 3 is 3.00 bits per heavy atom. The lowest BCUT2D eigenvalue weighted by molar-refractivity contribution is 0.198. The molecule has 0 aromatic carbocycles. The highest BCUT2D eigenvalue weighted by atomic mass is 16.5. The number of hydrogen-bond donors (Lipinski definition) is 0. The minimum absolute atomic E-state index is 0.185. The topological polar surface area (TPSA) is 33.0 Å². The predicted molar refractivity (Wildman–Crippen MR) is 31.2 cm³/mol. The van der Waals surface area contributed by atoms with Crippen LogP contribution in [-0.2, 0) is 4.74 Å². The summed E-state index contributed by atoms with van der Waals surface area (Å²) in [5, 5.41) is 7.97. The highest BCUT2D eigenvalue weighted by Gasteiger charge is 1.75. The molecule has 0 rings (SSSR count). The zero-order chi connectivity index (χ0) is 6.24. The number of ether oxygens (including phenoxy) is 1. The third-order valence-corrected chi connectivity index (χ3v) is 0.616. The van der Waals surface area contributed by atoms with Gasteiger partial charge in [-0.25, -0.2) is 0 Å². The summed E-state index contributed by atoms with van der Waals surface area (Å²) in [5.41, 5.74) is 0. The zero-order valence-corrected chi connectivity index (χ0v) is 4.92. The van der Waals surface area contributed by atoms with E-state index in [2.05, 4.69) is 0 Å². The second kappa shape index (κ2) is 6.19. The van der Waals surface area contributed by atoms with E-state index in [0.29, 0.717) is 6.61 Å². The number of nitrogens with zero attached hydrogens (tertiary/aromatic N) is 1. The molecule has 0 radical (unpaired) electrons. The first-order valence-electron chi connectivity index (χ1n) is 2.47. The fourth-order valence-electron chi connectivity index (χ4n) is 0.269. The van der Waals surface area contributed by atoms with Gasteiger partial charge in [-0.1, -0.05) is 12.2 Å². The summed E-state index contributed by atoms with van der Waals surface area (Å²) >= 11 is 0. The van der Waals surface area contributed by atoms with Gasteiger partial charge in [-0.05, 0) is 6.92 Å². The summed E-state index contributed by atoms with van der Waals surface area (Å²) in [5.74, 6) is 0. The SMILES string of the molecule is CC=CCOCC#N. The van der Waals surface area contributed by atoms with Gasteiger partial charge >= 0.3 is 0 Å². The van der Waals surface area contributed by atoms with Crippen LogP contribution in [0.4, 0.5) is 0 Å². The number of rotatable bonds is 3. The van der Waals surface area contributed by atoms with Crippen LogP contribution in [0.2, 0.25) is 0 Å². The molecule has 0 atom stereocenters. The lowest BCUT2D eigenvalue weighted by atomic mass is 10.5. The maximum Gasteiger partial charge on any atom is 0.134 e. The molecule has 0 amide bonds. The molecule has 0 fully saturated rings. The van der Waals surface area contributed by atoms with Crippen LogP contribution in [0.25, 0.3) is 0 Å². The highest BCUT2D eigenvalue weighted by Crippen LogP contribution is 1.74. The van der Waals surface area contributed by atoms with Gasteiger partial charge in [0.15, 0.2) is 0 Å². The molecule has 0 aliphatic rings. The van der Waals surface area contributed by atoms with E-state index < -0.39 is 0 Å². The summed E-state index contributed by atoms with van der Waals surface area (Å²) in [6, 6.07) is 1.87. The number of nitriles is 1. The molecule has 0 aromatic heterocycles. The monoisotopic (exact) mass is 111 g/mol. The van der Waals surface area contributed by atoms with Crippen LogP contribution in [0.5, 0.6) is 0 Å². The molecule has 0 aliphatic heterocycles. The predicted octanol–water partition coefficient (Wildman–Crippen LogP) is 1.10. The second-order valence-electron chi connectivity index (χ2n) is 1.24. The Kier molecular flexibility index (Phi) is 5.56. The van der Waals surface area contributed by atoms with E-state index in [1.54, 1.807) is 0 Å². The highest BCUT2D eigenvalue weighted by molar-refractivity contribution is 4.77.